The SMILES string of the molecule is Cc1cc(S(N)(=O)=O)cc(NC(=O)CCCc2c[nH]c3ccccc23)c1C. The van der Waals surface area contributed by atoms with Gasteiger partial charge >= 0.3 is 0 Å². The van der Waals surface area contributed by atoms with Gasteiger partial charge in [0.2, 0.25) is 15.9 Å². The molecular formula is C20H23N3O3S. The first-order valence-electron chi connectivity index (χ1n) is 8.74. The second-order valence-electron chi connectivity index (χ2n) is 6.72. The number of aromatic nitrogens is 1. The van der Waals surface area contributed by atoms with Crippen molar-refractivity contribution < 1.29 is 13.2 Å². The molecule has 0 fully saturated rings. The molecular weight excluding hydrogens is 362 g/mol. The summed E-state index contributed by atoms with van der Waals surface area (Å²) >= 11 is 0. The van der Waals surface area contributed by atoms with Crippen LogP contribution < -0.4 is 10.5 Å². The highest BCUT2D eigenvalue weighted by atomic mass is 32.2. The third-order valence-electron chi connectivity index (χ3n) is 4.77. The number of carbonyl (C=O) groups is 1. The number of primary sulfonamides is 1. The van der Waals surface area contributed by atoms with E-state index in [2.05, 4.69) is 16.4 Å². The Hall–Kier alpha value is -2.64. The Morgan fingerprint density at radius 3 is 2.67 bits per heavy atom. The van der Waals surface area contributed by atoms with Gasteiger partial charge in [0, 0.05) is 29.2 Å². The predicted molar refractivity (Wildman–Crippen MR) is 107 cm³/mol. The fourth-order valence-electron chi connectivity index (χ4n) is 3.11. The zero-order valence-corrected chi connectivity index (χ0v) is 16.2. The number of para-hydroxylation sites is 1. The smallest absolute Gasteiger partial charge is 0.238 e. The second kappa shape index (κ2) is 7.54. The lowest BCUT2D eigenvalue weighted by Gasteiger charge is -2.12. The minimum atomic E-state index is -3.82. The van der Waals surface area contributed by atoms with Crippen LogP contribution in [-0.2, 0) is 21.2 Å². The number of fused-ring (bicyclic) bond motifs is 1. The molecule has 0 radical (unpaired) electrons. The van der Waals surface area contributed by atoms with Crippen molar-refractivity contribution in [2.45, 2.75) is 38.0 Å². The summed E-state index contributed by atoms with van der Waals surface area (Å²) < 4.78 is 23.2. The van der Waals surface area contributed by atoms with Gasteiger partial charge in [0.25, 0.3) is 0 Å². The molecule has 142 valence electrons. The number of sulfonamides is 1. The number of hydrogen-bond donors (Lipinski definition) is 3. The predicted octanol–water partition coefficient (Wildman–Crippen LogP) is 3.39. The van der Waals surface area contributed by atoms with Crippen LogP contribution in [0, 0.1) is 13.8 Å². The summed E-state index contributed by atoms with van der Waals surface area (Å²) in [4.78, 5) is 15.6. The molecule has 0 spiro atoms. The summed E-state index contributed by atoms with van der Waals surface area (Å²) in [6.45, 7) is 3.63. The maximum atomic E-state index is 12.3. The molecule has 0 bridgehead atoms. The molecule has 2 aromatic carbocycles. The molecule has 0 atom stereocenters. The fourth-order valence-corrected chi connectivity index (χ4v) is 3.73. The van der Waals surface area contributed by atoms with E-state index in [9.17, 15) is 13.2 Å². The van der Waals surface area contributed by atoms with Gasteiger partial charge in [-0.1, -0.05) is 18.2 Å². The number of rotatable bonds is 6. The summed E-state index contributed by atoms with van der Waals surface area (Å²) in [5, 5.41) is 9.20. The Labute approximate surface area is 158 Å². The molecule has 0 saturated heterocycles. The third-order valence-corrected chi connectivity index (χ3v) is 5.66. The molecule has 1 amide bonds. The average Bonchev–Trinajstić information content (AvgIpc) is 3.01. The van der Waals surface area contributed by atoms with Crippen LogP contribution >= 0.6 is 0 Å². The van der Waals surface area contributed by atoms with Crippen LogP contribution in [0.2, 0.25) is 0 Å². The summed E-state index contributed by atoms with van der Waals surface area (Å²) in [7, 11) is -3.82. The lowest BCUT2D eigenvalue weighted by molar-refractivity contribution is -0.116. The van der Waals surface area contributed by atoms with Crippen molar-refractivity contribution in [3.63, 3.8) is 0 Å². The Balaban J connectivity index is 1.65. The van der Waals surface area contributed by atoms with Crippen LogP contribution in [-0.4, -0.2) is 19.3 Å². The molecule has 1 heterocycles. The normalized spacial score (nSPS) is 11.7. The minimum absolute atomic E-state index is 0.000285. The first-order valence-corrected chi connectivity index (χ1v) is 10.3. The summed E-state index contributed by atoms with van der Waals surface area (Å²) in [5.41, 5.74) is 4.34. The standard InChI is InChI=1S/C20H23N3O3S/c1-13-10-16(27(21,25)26)11-19(14(13)2)23-20(24)9-5-6-15-12-22-18-8-4-3-7-17(15)18/h3-4,7-8,10-12,22H,5-6,9H2,1-2H3,(H,23,24)(H2,21,25,26). The molecule has 3 rings (SSSR count). The van der Waals surface area contributed by atoms with Crippen molar-refractivity contribution in [3.05, 3.63) is 59.3 Å². The number of hydrogen-bond acceptors (Lipinski definition) is 3. The number of aromatic amines is 1. The Kier molecular flexibility index (Phi) is 5.34. The van der Waals surface area contributed by atoms with E-state index < -0.39 is 10.0 Å². The number of carbonyl (C=O) groups excluding carboxylic acids is 1. The largest absolute Gasteiger partial charge is 0.361 e. The summed E-state index contributed by atoms with van der Waals surface area (Å²) in [6, 6.07) is 11.0. The topological polar surface area (TPSA) is 105 Å². The van der Waals surface area contributed by atoms with Gasteiger partial charge in [0.1, 0.15) is 0 Å². The molecule has 0 aliphatic rings. The average molecular weight is 385 g/mol. The Morgan fingerprint density at radius 1 is 1.19 bits per heavy atom. The fraction of sp³-hybridized carbons (Fsp3) is 0.250. The van der Waals surface area contributed by atoms with Gasteiger partial charge in [0.15, 0.2) is 0 Å². The number of benzene rings is 2. The van der Waals surface area contributed by atoms with E-state index in [1.165, 1.54) is 23.1 Å². The van der Waals surface area contributed by atoms with Crippen LogP contribution in [0.15, 0.2) is 47.5 Å². The van der Waals surface area contributed by atoms with Crippen LogP contribution in [0.5, 0.6) is 0 Å². The van der Waals surface area contributed by atoms with Crippen molar-refractivity contribution in [2.24, 2.45) is 5.14 Å². The van der Waals surface area contributed by atoms with Gasteiger partial charge in [-0.3, -0.25) is 4.79 Å². The highest BCUT2D eigenvalue weighted by molar-refractivity contribution is 7.89. The molecule has 0 aliphatic heterocycles. The zero-order chi connectivity index (χ0) is 19.6. The van der Waals surface area contributed by atoms with E-state index in [0.717, 1.165) is 23.1 Å². The molecule has 27 heavy (non-hydrogen) atoms. The summed E-state index contributed by atoms with van der Waals surface area (Å²) in [6.07, 6.45) is 3.80. The maximum absolute atomic E-state index is 12.3. The molecule has 4 N–H and O–H groups in total. The van der Waals surface area contributed by atoms with Gasteiger partial charge in [-0.2, -0.15) is 0 Å². The van der Waals surface area contributed by atoms with Gasteiger partial charge in [-0.25, -0.2) is 13.6 Å². The van der Waals surface area contributed by atoms with Crippen LogP contribution in [0.25, 0.3) is 10.9 Å². The highest BCUT2D eigenvalue weighted by Crippen LogP contribution is 2.24. The monoisotopic (exact) mass is 385 g/mol. The highest BCUT2D eigenvalue weighted by Gasteiger charge is 2.14. The zero-order valence-electron chi connectivity index (χ0n) is 15.4. The Bertz CT molecular complexity index is 1100. The number of nitrogens with one attached hydrogen (secondary N) is 2. The van der Waals surface area contributed by atoms with E-state index in [4.69, 9.17) is 5.14 Å². The van der Waals surface area contributed by atoms with Crippen molar-refractivity contribution in [3.8, 4) is 0 Å². The molecule has 0 unspecified atom stereocenters. The number of nitrogens with two attached hydrogens (primary N) is 1. The molecule has 6 nitrogen and oxygen atoms in total. The van der Waals surface area contributed by atoms with Crippen LogP contribution in [0.3, 0.4) is 0 Å². The minimum Gasteiger partial charge on any atom is -0.361 e. The van der Waals surface area contributed by atoms with Crippen LogP contribution in [0.1, 0.15) is 29.5 Å². The molecule has 0 aliphatic carbocycles. The number of H-pyrrole nitrogens is 1. The molecule has 7 heteroatoms. The number of amides is 1. The lowest BCUT2D eigenvalue weighted by atomic mass is 10.1. The molecule has 1 aromatic heterocycles. The van der Waals surface area contributed by atoms with Gasteiger partial charge < -0.3 is 10.3 Å². The van der Waals surface area contributed by atoms with Crippen molar-refractivity contribution in [1.82, 2.24) is 4.98 Å². The second-order valence-corrected chi connectivity index (χ2v) is 8.28. The van der Waals surface area contributed by atoms with Crippen molar-refractivity contribution in [2.75, 3.05) is 5.32 Å². The van der Waals surface area contributed by atoms with Gasteiger partial charge in [0.05, 0.1) is 4.90 Å². The molecule has 3 aromatic rings. The van der Waals surface area contributed by atoms with Crippen molar-refractivity contribution >= 4 is 32.5 Å². The van der Waals surface area contributed by atoms with E-state index in [1.807, 2.05) is 31.3 Å². The summed E-state index contributed by atoms with van der Waals surface area (Å²) in [5.74, 6) is -0.149. The first-order chi connectivity index (χ1) is 12.8. The van der Waals surface area contributed by atoms with Crippen LogP contribution in [0.4, 0.5) is 5.69 Å². The first kappa shape index (κ1) is 19.1. The quantitative estimate of drug-likeness (QED) is 0.605. The lowest BCUT2D eigenvalue weighted by Crippen LogP contribution is -2.16. The van der Waals surface area contributed by atoms with Gasteiger partial charge in [-0.15, -0.1) is 0 Å². The third kappa shape index (κ3) is 4.37. The molecule has 0 saturated carbocycles. The van der Waals surface area contributed by atoms with E-state index in [0.29, 0.717) is 18.5 Å². The van der Waals surface area contributed by atoms with Crippen molar-refractivity contribution in [1.29, 1.82) is 0 Å². The van der Waals surface area contributed by atoms with E-state index in [-0.39, 0.29) is 10.8 Å². The van der Waals surface area contributed by atoms with E-state index in [1.54, 1.807) is 6.92 Å². The van der Waals surface area contributed by atoms with Gasteiger partial charge in [-0.05, 0) is 61.6 Å². The van der Waals surface area contributed by atoms with E-state index >= 15 is 0 Å². The number of aryl methyl sites for hydroxylation is 2. The Morgan fingerprint density at radius 2 is 1.93 bits per heavy atom. The number of anilines is 1. The maximum Gasteiger partial charge on any atom is 0.238 e.